The Bertz CT molecular complexity index is 322. The van der Waals surface area contributed by atoms with E-state index in [1.54, 1.807) is 0 Å². The molecule has 1 heterocycles. The quantitative estimate of drug-likeness (QED) is 0.827. The van der Waals surface area contributed by atoms with E-state index < -0.39 is 0 Å². The smallest absolute Gasteiger partial charge is 0.156 e. The maximum Gasteiger partial charge on any atom is 0.156 e. The number of amidine groups is 1. The summed E-state index contributed by atoms with van der Waals surface area (Å²) in [7, 11) is 0. The van der Waals surface area contributed by atoms with E-state index in [2.05, 4.69) is 33.0 Å². The summed E-state index contributed by atoms with van der Waals surface area (Å²) in [5, 5.41) is 4.90. The van der Waals surface area contributed by atoms with Gasteiger partial charge in [0.1, 0.15) is 0 Å². The normalized spacial score (nSPS) is 26.8. The zero-order valence-electron chi connectivity index (χ0n) is 13.1. The molecule has 110 valence electrons. The van der Waals surface area contributed by atoms with Crippen LogP contribution in [0.1, 0.15) is 66.2 Å². The molecular weight excluding hydrogens is 252 g/mol. The average molecular weight is 282 g/mol. The molecule has 0 aromatic rings. The van der Waals surface area contributed by atoms with Crippen LogP contribution in [0, 0.1) is 10.8 Å². The molecular formula is C16H30N2S. The van der Waals surface area contributed by atoms with Crippen molar-refractivity contribution in [3.63, 3.8) is 0 Å². The van der Waals surface area contributed by atoms with Crippen LogP contribution in [0.5, 0.6) is 0 Å². The van der Waals surface area contributed by atoms with Crippen LogP contribution < -0.4 is 5.32 Å². The van der Waals surface area contributed by atoms with Gasteiger partial charge in [-0.25, -0.2) is 0 Å². The van der Waals surface area contributed by atoms with Crippen molar-refractivity contribution in [1.82, 2.24) is 5.32 Å². The Morgan fingerprint density at radius 1 is 1.21 bits per heavy atom. The first-order valence-electron chi connectivity index (χ1n) is 7.92. The summed E-state index contributed by atoms with van der Waals surface area (Å²) in [6, 6.07) is 0.662. The van der Waals surface area contributed by atoms with E-state index in [1.165, 1.54) is 49.4 Å². The molecule has 0 atom stereocenters. The Labute approximate surface area is 123 Å². The highest BCUT2D eigenvalue weighted by atomic mass is 32.2. The molecule has 1 saturated carbocycles. The van der Waals surface area contributed by atoms with E-state index in [-0.39, 0.29) is 0 Å². The van der Waals surface area contributed by atoms with Gasteiger partial charge in [0.15, 0.2) is 5.17 Å². The van der Waals surface area contributed by atoms with Gasteiger partial charge in [0.05, 0.1) is 0 Å². The number of thioether (sulfide) groups is 1. The maximum absolute atomic E-state index is 4.82. The summed E-state index contributed by atoms with van der Waals surface area (Å²) in [5.74, 6) is 1.24. The number of rotatable bonds is 3. The van der Waals surface area contributed by atoms with Crippen LogP contribution in [0.15, 0.2) is 4.99 Å². The van der Waals surface area contributed by atoms with Gasteiger partial charge in [-0.2, -0.15) is 0 Å². The summed E-state index contributed by atoms with van der Waals surface area (Å²) in [6.07, 6.45) is 7.81. The first-order valence-corrected chi connectivity index (χ1v) is 8.91. The molecule has 0 bridgehead atoms. The molecule has 19 heavy (non-hydrogen) atoms. The van der Waals surface area contributed by atoms with Crippen molar-refractivity contribution < 1.29 is 0 Å². The van der Waals surface area contributed by atoms with Gasteiger partial charge in [-0.3, -0.25) is 4.99 Å². The van der Waals surface area contributed by atoms with Gasteiger partial charge < -0.3 is 5.32 Å². The summed E-state index contributed by atoms with van der Waals surface area (Å²) >= 11 is 1.95. The second kappa shape index (κ2) is 6.07. The molecule has 0 unspecified atom stereocenters. The van der Waals surface area contributed by atoms with Gasteiger partial charge in [0, 0.05) is 18.3 Å². The minimum Gasteiger partial charge on any atom is -0.362 e. The number of nitrogens with zero attached hydrogens (tertiary/aromatic N) is 1. The molecule has 1 aliphatic carbocycles. The molecule has 2 rings (SSSR count). The highest BCUT2D eigenvalue weighted by Crippen LogP contribution is 2.37. The maximum atomic E-state index is 4.82. The van der Waals surface area contributed by atoms with E-state index in [4.69, 9.17) is 4.99 Å². The summed E-state index contributed by atoms with van der Waals surface area (Å²) in [5.41, 5.74) is 1.02. The third-order valence-corrected chi connectivity index (χ3v) is 6.52. The summed E-state index contributed by atoms with van der Waals surface area (Å²) in [4.78, 5) is 4.82. The molecule has 0 amide bonds. The molecule has 2 nitrogen and oxygen atoms in total. The predicted molar refractivity (Wildman–Crippen MR) is 86.9 cm³/mol. The lowest BCUT2D eigenvalue weighted by Crippen LogP contribution is -2.41. The molecule has 0 spiro atoms. The first kappa shape index (κ1) is 15.2. The number of hydrogen-bond donors (Lipinski definition) is 1. The molecule has 0 saturated heterocycles. The lowest BCUT2D eigenvalue weighted by molar-refractivity contribution is 0.217. The number of hydrogen-bond acceptors (Lipinski definition) is 3. The molecule has 0 radical (unpaired) electrons. The van der Waals surface area contributed by atoms with Crippen LogP contribution in [0.2, 0.25) is 0 Å². The number of aliphatic imine (C=N–C) groups is 1. The minimum atomic E-state index is 0.463. The summed E-state index contributed by atoms with van der Waals surface area (Å²) in [6.45, 7) is 10.4. The highest BCUT2D eigenvalue weighted by Gasteiger charge is 2.32. The van der Waals surface area contributed by atoms with E-state index in [0.29, 0.717) is 16.9 Å². The van der Waals surface area contributed by atoms with E-state index in [0.717, 1.165) is 6.54 Å². The van der Waals surface area contributed by atoms with Crippen molar-refractivity contribution >= 4 is 16.9 Å². The number of nitrogens with one attached hydrogen (secondary N) is 1. The third-order valence-electron chi connectivity index (χ3n) is 5.24. The first-order chi connectivity index (χ1) is 8.99. The van der Waals surface area contributed by atoms with Gasteiger partial charge in [0.25, 0.3) is 0 Å². The van der Waals surface area contributed by atoms with Crippen molar-refractivity contribution in [3.05, 3.63) is 0 Å². The van der Waals surface area contributed by atoms with E-state index in [9.17, 15) is 0 Å². The Morgan fingerprint density at radius 3 is 2.32 bits per heavy atom. The summed E-state index contributed by atoms with van der Waals surface area (Å²) < 4.78 is 0. The van der Waals surface area contributed by atoms with Crippen molar-refractivity contribution in [2.45, 2.75) is 72.3 Å². The van der Waals surface area contributed by atoms with Gasteiger partial charge >= 0.3 is 0 Å². The van der Waals surface area contributed by atoms with Gasteiger partial charge in [0.2, 0.25) is 0 Å². The van der Waals surface area contributed by atoms with Crippen molar-refractivity contribution in [2.24, 2.45) is 15.8 Å². The molecule has 1 aliphatic heterocycles. The fourth-order valence-corrected chi connectivity index (χ4v) is 4.38. The Kier molecular flexibility index (Phi) is 4.86. The average Bonchev–Trinajstić information content (AvgIpc) is 2.42. The topological polar surface area (TPSA) is 24.4 Å². The van der Waals surface area contributed by atoms with Crippen molar-refractivity contribution in [1.29, 1.82) is 0 Å². The van der Waals surface area contributed by atoms with Crippen molar-refractivity contribution in [3.8, 4) is 0 Å². The van der Waals surface area contributed by atoms with Crippen LogP contribution in [-0.2, 0) is 0 Å². The molecule has 0 aromatic heterocycles. The van der Waals surface area contributed by atoms with Crippen LogP contribution in [0.3, 0.4) is 0 Å². The van der Waals surface area contributed by atoms with E-state index in [1.807, 2.05) is 11.8 Å². The zero-order valence-corrected chi connectivity index (χ0v) is 13.9. The van der Waals surface area contributed by atoms with Crippen LogP contribution in [0.25, 0.3) is 0 Å². The second-order valence-corrected chi connectivity index (χ2v) is 8.16. The van der Waals surface area contributed by atoms with Crippen LogP contribution >= 0.6 is 11.8 Å². The van der Waals surface area contributed by atoms with Gasteiger partial charge in [-0.05, 0) is 49.4 Å². The Balaban J connectivity index is 1.84. The lowest BCUT2D eigenvalue weighted by Gasteiger charge is -2.37. The van der Waals surface area contributed by atoms with Crippen molar-refractivity contribution in [2.75, 3.05) is 12.3 Å². The third kappa shape index (κ3) is 3.90. The highest BCUT2D eigenvalue weighted by molar-refractivity contribution is 8.13. The van der Waals surface area contributed by atoms with Crippen LogP contribution in [-0.4, -0.2) is 23.5 Å². The monoisotopic (exact) mass is 282 g/mol. The standard InChI is InChI=1S/C16H30N2S/c1-5-16(6-2)11-17-14(19-12-16)18-13-7-9-15(3,4)10-8-13/h13H,5-12H2,1-4H3,(H,17,18). The second-order valence-electron chi connectivity index (χ2n) is 7.20. The zero-order chi connectivity index (χ0) is 13.9. The van der Waals surface area contributed by atoms with Crippen LogP contribution in [0.4, 0.5) is 0 Å². The van der Waals surface area contributed by atoms with Gasteiger partial charge in [-0.15, -0.1) is 0 Å². The van der Waals surface area contributed by atoms with Gasteiger partial charge in [-0.1, -0.05) is 39.5 Å². The Morgan fingerprint density at radius 2 is 1.84 bits per heavy atom. The predicted octanol–water partition coefficient (Wildman–Crippen LogP) is 4.45. The molecule has 0 aromatic carbocycles. The fraction of sp³-hybridized carbons (Fsp3) is 0.938. The molecule has 3 heteroatoms. The SMILES string of the molecule is CCC1(CC)CN=C(NC2CCC(C)(C)CC2)SC1. The van der Waals surface area contributed by atoms with E-state index >= 15 is 0 Å². The molecule has 2 aliphatic rings. The fourth-order valence-electron chi connectivity index (χ4n) is 3.04. The molecule has 1 N–H and O–H groups in total. The molecule has 1 fully saturated rings. The largest absolute Gasteiger partial charge is 0.362 e. The minimum absolute atomic E-state index is 0.463. The Hall–Kier alpha value is -0.180. The lowest BCUT2D eigenvalue weighted by atomic mass is 9.76.